The van der Waals surface area contributed by atoms with Gasteiger partial charge in [-0.05, 0) is 18.9 Å². The van der Waals surface area contributed by atoms with E-state index in [1.165, 1.54) is 0 Å². The Morgan fingerprint density at radius 2 is 1.74 bits per heavy atom. The van der Waals surface area contributed by atoms with Crippen LogP contribution >= 0.6 is 0 Å². The van der Waals surface area contributed by atoms with Gasteiger partial charge in [-0.25, -0.2) is 12.8 Å². The quantitative estimate of drug-likeness (QED) is 0.563. The van der Waals surface area contributed by atoms with Crippen molar-refractivity contribution in [2.24, 2.45) is 0 Å². The number of halogens is 7. The minimum atomic E-state index is -5.24. The van der Waals surface area contributed by atoms with Crippen molar-refractivity contribution in [2.45, 2.75) is 42.8 Å². The molecule has 0 bridgehead atoms. The van der Waals surface area contributed by atoms with Crippen LogP contribution in [-0.2, 0) is 14.6 Å². The van der Waals surface area contributed by atoms with Crippen molar-refractivity contribution in [3.63, 3.8) is 0 Å². The number of nitriles is 1. The summed E-state index contributed by atoms with van der Waals surface area (Å²) in [7, 11) is -5.10. The maximum Gasteiger partial charge on any atom is 0.408 e. The SMILES string of the molecule is N#CC1(NC(=O)[C@H](CS(=O)(=O)CC(F)(F)F)N[C@@H](c2ccccc2F)C(F)(F)F)CC1. The van der Waals surface area contributed by atoms with E-state index in [2.05, 4.69) is 5.32 Å². The van der Waals surface area contributed by atoms with Crippen LogP contribution < -0.4 is 10.6 Å². The van der Waals surface area contributed by atoms with Crippen molar-refractivity contribution >= 4 is 15.7 Å². The molecule has 0 heterocycles. The molecule has 2 rings (SSSR count). The summed E-state index contributed by atoms with van der Waals surface area (Å²) in [6.45, 7) is 0. The van der Waals surface area contributed by atoms with Gasteiger partial charge in [0.05, 0.1) is 11.8 Å². The molecule has 0 radical (unpaired) electrons. The first-order valence-electron chi connectivity index (χ1n) is 8.65. The molecule has 1 amide bonds. The first kappa shape index (κ1) is 24.9. The van der Waals surface area contributed by atoms with Crippen LogP contribution in [0.4, 0.5) is 30.7 Å². The molecule has 0 spiro atoms. The largest absolute Gasteiger partial charge is 0.408 e. The Balaban J connectivity index is 2.39. The van der Waals surface area contributed by atoms with Gasteiger partial charge in [-0.15, -0.1) is 0 Å². The van der Waals surface area contributed by atoms with E-state index >= 15 is 0 Å². The van der Waals surface area contributed by atoms with Crippen LogP contribution in [0.3, 0.4) is 0 Å². The topological polar surface area (TPSA) is 99.1 Å². The van der Waals surface area contributed by atoms with Gasteiger partial charge in [-0.1, -0.05) is 18.2 Å². The Bertz CT molecular complexity index is 966. The smallest absolute Gasteiger partial charge is 0.336 e. The number of nitrogens with one attached hydrogen (secondary N) is 2. The predicted molar refractivity (Wildman–Crippen MR) is 92.5 cm³/mol. The monoisotopic (exact) mass is 475 g/mol. The average molecular weight is 475 g/mol. The van der Waals surface area contributed by atoms with Gasteiger partial charge in [0.2, 0.25) is 5.91 Å². The molecule has 172 valence electrons. The van der Waals surface area contributed by atoms with Gasteiger partial charge >= 0.3 is 12.4 Å². The predicted octanol–water partition coefficient (Wildman–Crippen LogP) is 2.54. The molecule has 1 fully saturated rings. The molecule has 1 saturated carbocycles. The minimum Gasteiger partial charge on any atom is -0.336 e. The van der Waals surface area contributed by atoms with Crippen LogP contribution in [0.15, 0.2) is 24.3 Å². The summed E-state index contributed by atoms with van der Waals surface area (Å²) < 4.78 is 116. The van der Waals surface area contributed by atoms with Gasteiger partial charge < -0.3 is 5.32 Å². The summed E-state index contributed by atoms with van der Waals surface area (Å²) in [5.74, 6) is -6.77. The molecule has 1 aliphatic carbocycles. The highest BCUT2D eigenvalue weighted by molar-refractivity contribution is 7.91. The van der Waals surface area contributed by atoms with E-state index in [-0.39, 0.29) is 12.8 Å². The Kier molecular flexibility index (Phi) is 6.91. The number of carbonyl (C=O) groups is 1. The lowest BCUT2D eigenvalue weighted by atomic mass is 10.0. The number of nitrogens with zero attached hydrogens (tertiary/aromatic N) is 1. The molecular formula is C17H16F7N3O3S. The van der Waals surface area contributed by atoms with E-state index in [0.29, 0.717) is 6.07 Å². The van der Waals surface area contributed by atoms with E-state index in [1.54, 1.807) is 11.4 Å². The summed E-state index contributed by atoms with van der Waals surface area (Å²) in [5, 5.41) is 12.7. The van der Waals surface area contributed by atoms with E-state index < -0.39 is 68.6 Å². The van der Waals surface area contributed by atoms with Crippen molar-refractivity contribution in [2.75, 3.05) is 11.5 Å². The van der Waals surface area contributed by atoms with Gasteiger partial charge in [0, 0.05) is 5.56 Å². The highest BCUT2D eigenvalue weighted by Gasteiger charge is 2.49. The first-order valence-corrected chi connectivity index (χ1v) is 10.5. The van der Waals surface area contributed by atoms with Crippen LogP contribution in [0.2, 0.25) is 0 Å². The Labute approximate surface area is 172 Å². The lowest BCUT2D eigenvalue weighted by Crippen LogP contribution is -2.55. The van der Waals surface area contributed by atoms with Gasteiger partial charge in [0.1, 0.15) is 29.2 Å². The van der Waals surface area contributed by atoms with Gasteiger partial charge in [-0.2, -0.15) is 31.6 Å². The zero-order chi connectivity index (χ0) is 23.7. The molecular weight excluding hydrogens is 459 g/mol. The molecule has 2 N–H and O–H groups in total. The molecule has 1 aromatic carbocycles. The second-order valence-electron chi connectivity index (χ2n) is 7.07. The van der Waals surface area contributed by atoms with Crippen molar-refractivity contribution in [3.8, 4) is 6.07 Å². The molecule has 6 nitrogen and oxygen atoms in total. The van der Waals surface area contributed by atoms with Crippen molar-refractivity contribution in [1.82, 2.24) is 10.6 Å². The molecule has 0 aliphatic heterocycles. The third-order valence-electron chi connectivity index (χ3n) is 4.36. The molecule has 0 aromatic heterocycles. The summed E-state index contributed by atoms with van der Waals surface area (Å²) in [6.07, 6.45) is -10.2. The van der Waals surface area contributed by atoms with Crippen LogP contribution in [0.1, 0.15) is 24.4 Å². The summed E-state index contributed by atoms with van der Waals surface area (Å²) in [4.78, 5) is 12.4. The molecule has 2 atom stereocenters. The number of alkyl halides is 6. The Morgan fingerprint density at radius 1 is 1.16 bits per heavy atom. The maximum atomic E-state index is 14.0. The molecule has 0 saturated heterocycles. The number of benzene rings is 1. The van der Waals surface area contributed by atoms with Gasteiger partial charge in [0.15, 0.2) is 9.84 Å². The average Bonchev–Trinajstić information content (AvgIpc) is 3.36. The number of rotatable bonds is 8. The molecule has 14 heteroatoms. The Morgan fingerprint density at radius 3 is 2.19 bits per heavy atom. The lowest BCUT2D eigenvalue weighted by molar-refractivity contribution is -0.161. The zero-order valence-electron chi connectivity index (χ0n) is 15.5. The third-order valence-corrected chi connectivity index (χ3v) is 5.97. The number of hydrogen-bond acceptors (Lipinski definition) is 5. The standard InChI is InChI=1S/C17H16F7N3O3S/c18-11-4-2-1-3-10(11)13(17(22,23)24)26-12(7-31(29,30)9-16(19,20)21)14(28)27-15(8-25)5-6-15/h1-4,12-13,26H,5-7,9H2,(H,27,28)/t12-,13-/m0/s1. The van der Waals surface area contributed by atoms with E-state index in [4.69, 9.17) is 5.26 Å². The van der Waals surface area contributed by atoms with Crippen LogP contribution in [0.5, 0.6) is 0 Å². The van der Waals surface area contributed by atoms with Crippen LogP contribution in [-0.4, -0.2) is 49.8 Å². The normalized spacial score (nSPS) is 18.0. The fourth-order valence-electron chi connectivity index (χ4n) is 2.75. The summed E-state index contributed by atoms with van der Waals surface area (Å²) in [6, 6.07) is 0.0269. The van der Waals surface area contributed by atoms with Gasteiger partial charge in [0.25, 0.3) is 0 Å². The molecule has 0 unspecified atom stereocenters. The van der Waals surface area contributed by atoms with Crippen LogP contribution in [0, 0.1) is 17.1 Å². The van der Waals surface area contributed by atoms with Gasteiger partial charge in [-0.3, -0.25) is 10.1 Å². The lowest BCUT2D eigenvalue weighted by Gasteiger charge is -2.28. The van der Waals surface area contributed by atoms with Crippen molar-refractivity contribution < 1.29 is 43.9 Å². The van der Waals surface area contributed by atoms with Crippen LogP contribution in [0.25, 0.3) is 0 Å². The fraction of sp³-hybridized carbons (Fsp3) is 0.529. The van der Waals surface area contributed by atoms with E-state index in [0.717, 1.165) is 18.2 Å². The second-order valence-corrected chi connectivity index (χ2v) is 9.18. The Hall–Kier alpha value is -2.40. The number of hydrogen-bond donors (Lipinski definition) is 2. The highest BCUT2D eigenvalue weighted by Crippen LogP contribution is 2.36. The maximum absolute atomic E-state index is 14.0. The first-order chi connectivity index (χ1) is 14.1. The number of sulfone groups is 1. The molecule has 1 aliphatic rings. The number of carbonyl (C=O) groups excluding carboxylic acids is 1. The molecule has 1 aromatic rings. The fourth-order valence-corrected chi connectivity index (χ4v) is 4.12. The highest BCUT2D eigenvalue weighted by atomic mass is 32.2. The molecule has 31 heavy (non-hydrogen) atoms. The van der Waals surface area contributed by atoms with Crippen molar-refractivity contribution in [1.29, 1.82) is 5.26 Å². The van der Waals surface area contributed by atoms with E-state index in [1.807, 2.05) is 0 Å². The second kappa shape index (κ2) is 8.62. The number of amides is 1. The zero-order valence-corrected chi connectivity index (χ0v) is 16.3. The van der Waals surface area contributed by atoms with E-state index in [9.17, 15) is 43.9 Å². The third kappa shape index (κ3) is 7.06. The summed E-state index contributed by atoms with van der Waals surface area (Å²) in [5.41, 5.74) is -2.42. The van der Waals surface area contributed by atoms with Crippen molar-refractivity contribution in [3.05, 3.63) is 35.6 Å². The minimum absolute atomic E-state index is 0.132. The summed E-state index contributed by atoms with van der Waals surface area (Å²) >= 11 is 0.